The van der Waals surface area contributed by atoms with Gasteiger partial charge in [-0.25, -0.2) is 9.37 Å². The van der Waals surface area contributed by atoms with Crippen LogP contribution in [0.3, 0.4) is 0 Å². The normalized spacial score (nSPS) is 12.3. The number of hydrogen-bond donors (Lipinski definition) is 1. The van der Waals surface area contributed by atoms with E-state index in [-0.39, 0.29) is 5.56 Å². The van der Waals surface area contributed by atoms with Gasteiger partial charge in [-0.15, -0.1) is 0 Å². The van der Waals surface area contributed by atoms with Crippen molar-refractivity contribution in [1.29, 1.82) is 0 Å². The van der Waals surface area contributed by atoms with Crippen LogP contribution in [0.2, 0.25) is 0 Å². The molecule has 0 saturated heterocycles. The number of carbonyl (C=O) groups is 1. The first-order valence-corrected chi connectivity index (χ1v) is 11.9. The third-order valence-corrected chi connectivity index (χ3v) is 6.30. The summed E-state index contributed by atoms with van der Waals surface area (Å²) in [6, 6.07) is 17.4. The largest absolute Gasteiger partial charge is 0.478 e. The highest BCUT2D eigenvalue weighted by Crippen LogP contribution is 2.42. The molecule has 1 heterocycles. The molecule has 35 heavy (non-hydrogen) atoms. The summed E-state index contributed by atoms with van der Waals surface area (Å²) in [4.78, 5) is 14.1. The second kappa shape index (κ2) is 10.3. The van der Waals surface area contributed by atoms with Gasteiger partial charge in [0.2, 0.25) is 5.36 Å². The minimum atomic E-state index is -0.951. The number of aryl methyl sites for hydroxylation is 1. The molecular weight excluding hydrogens is 440 g/mol. The molecule has 0 aromatic heterocycles. The minimum Gasteiger partial charge on any atom is -0.478 e. The highest BCUT2D eigenvalue weighted by atomic mass is 16.5. The highest BCUT2D eigenvalue weighted by molar-refractivity contribution is 6.07. The van der Waals surface area contributed by atoms with Gasteiger partial charge in [0.05, 0.1) is 11.6 Å². The van der Waals surface area contributed by atoms with Crippen molar-refractivity contribution in [3.8, 4) is 22.5 Å². The quantitative estimate of drug-likeness (QED) is 0.219. The van der Waals surface area contributed by atoms with Gasteiger partial charge in [0.15, 0.2) is 6.54 Å². The lowest BCUT2D eigenvalue weighted by atomic mass is 9.90. The van der Waals surface area contributed by atoms with E-state index in [2.05, 4.69) is 37.6 Å². The lowest BCUT2D eigenvalue weighted by Crippen LogP contribution is -2.31. The van der Waals surface area contributed by atoms with E-state index in [0.29, 0.717) is 23.5 Å². The summed E-state index contributed by atoms with van der Waals surface area (Å²) in [5.74, 6) is -0.238. The Morgan fingerprint density at radius 1 is 1.06 bits per heavy atom. The van der Waals surface area contributed by atoms with E-state index in [4.69, 9.17) is 9.15 Å². The van der Waals surface area contributed by atoms with Gasteiger partial charge in [0, 0.05) is 54.5 Å². The molecule has 6 heteroatoms. The van der Waals surface area contributed by atoms with Gasteiger partial charge in [-0.2, -0.15) is 0 Å². The van der Waals surface area contributed by atoms with Crippen LogP contribution in [0.25, 0.3) is 33.4 Å². The van der Waals surface area contributed by atoms with Crippen molar-refractivity contribution < 1.29 is 19.1 Å². The second-order valence-electron chi connectivity index (χ2n) is 9.07. The molecular formula is C29H33N2O4+. The molecule has 0 spiro atoms. The number of aromatic carboxylic acids is 1. The molecule has 2 aliphatic rings. The summed E-state index contributed by atoms with van der Waals surface area (Å²) in [5.41, 5.74) is 5.51. The van der Waals surface area contributed by atoms with Crippen molar-refractivity contribution in [2.75, 3.05) is 45.8 Å². The maximum Gasteiger partial charge on any atom is 0.336 e. The number of likely N-dealkylation sites (N-methyl/N-ethyl adjacent to an activating group) is 1. The first-order valence-electron chi connectivity index (χ1n) is 11.9. The topological polar surface area (TPSA) is 65.9 Å². The summed E-state index contributed by atoms with van der Waals surface area (Å²) >= 11 is 0. The van der Waals surface area contributed by atoms with Gasteiger partial charge in [0.1, 0.15) is 25.0 Å². The summed E-state index contributed by atoms with van der Waals surface area (Å²) < 4.78 is 14.3. The van der Waals surface area contributed by atoms with Gasteiger partial charge in [-0.05, 0) is 43.2 Å². The molecule has 4 rings (SSSR count). The lowest BCUT2D eigenvalue weighted by Gasteiger charge is -2.19. The van der Waals surface area contributed by atoms with Crippen molar-refractivity contribution in [2.24, 2.45) is 0 Å². The molecule has 0 fully saturated rings. The zero-order valence-corrected chi connectivity index (χ0v) is 21.1. The fourth-order valence-electron chi connectivity index (χ4n) is 4.46. The van der Waals surface area contributed by atoms with E-state index in [9.17, 15) is 9.90 Å². The monoisotopic (exact) mass is 473 g/mol. The van der Waals surface area contributed by atoms with E-state index in [0.717, 1.165) is 52.7 Å². The average Bonchev–Trinajstić information content (AvgIpc) is 2.84. The Morgan fingerprint density at radius 2 is 1.83 bits per heavy atom. The van der Waals surface area contributed by atoms with Crippen LogP contribution < -0.4 is 14.8 Å². The molecule has 0 bridgehead atoms. The van der Waals surface area contributed by atoms with Crippen molar-refractivity contribution in [2.45, 2.75) is 20.3 Å². The van der Waals surface area contributed by atoms with E-state index in [1.165, 1.54) is 0 Å². The standard InChI is InChI=1S/C29H32N2O4/c1-6-14-34-15-13-31(5)25-18-27-24(16-19(25)2)28(21-9-7-8-10-22(21)29(32)33)23-12-11-20(30(3)4)17-26(23)35-27/h7-12,16-18H,6,13-15H2,1-5H3/p+1. The number of anilines is 1. The van der Waals surface area contributed by atoms with Gasteiger partial charge in [-0.3, -0.25) is 0 Å². The number of rotatable bonds is 8. The minimum absolute atomic E-state index is 0.268. The van der Waals surface area contributed by atoms with E-state index >= 15 is 0 Å². The number of ether oxygens (including phenoxy) is 1. The molecule has 0 atom stereocenters. The summed E-state index contributed by atoms with van der Waals surface area (Å²) in [6.07, 6.45) is 1.00. The van der Waals surface area contributed by atoms with Crippen molar-refractivity contribution in [3.05, 3.63) is 71.1 Å². The van der Waals surface area contributed by atoms with Gasteiger partial charge in [0.25, 0.3) is 0 Å². The third kappa shape index (κ3) is 4.93. The Hall–Kier alpha value is -3.64. The van der Waals surface area contributed by atoms with Gasteiger partial charge >= 0.3 is 5.97 Å². The van der Waals surface area contributed by atoms with Crippen LogP contribution in [0.4, 0.5) is 5.69 Å². The van der Waals surface area contributed by atoms with Crippen molar-refractivity contribution in [3.63, 3.8) is 0 Å². The summed E-state index contributed by atoms with van der Waals surface area (Å²) in [7, 11) is 6.02. The summed E-state index contributed by atoms with van der Waals surface area (Å²) in [6.45, 7) is 6.35. The zero-order chi connectivity index (χ0) is 25.1. The number of hydrogen-bond acceptors (Lipinski definition) is 4. The van der Waals surface area contributed by atoms with Crippen LogP contribution in [0.5, 0.6) is 0 Å². The van der Waals surface area contributed by atoms with Crippen molar-refractivity contribution >= 4 is 22.6 Å². The molecule has 1 aliphatic heterocycles. The maximum absolute atomic E-state index is 12.1. The number of nitrogens with zero attached hydrogens (tertiary/aromatic N) is 2. The van der Waals surface area contributed by atoms with E-state index in [1.54, 1.807) is 12.1 Å². The smallest absolute Gasteiger partial charge is 0.336 e. The molecule has 0 amide bonds. The SMILES string of the molecule is CCCOCC/[N+](C)=c1/cc2oc3cc(N(C)C)ccc3c(-c3ccccc3C(=O)O)c-2cc1C. The average molecular weight is 474 g/mol. The van der Waals surface area contributed by atoms with Crippen LogP contribution in [-0.4, -0.2) is 52.0 Å². The zero-order valence-electron chi connectivity index (χ0n) is 21.1. The van der Waals surface area contributed by atoms with Crippen LogP contribution in [0.1, 0.15) is 29.3 Å². The Bertz CT molecular complexity index is 1420. The molecule has 2 aromatic rings. The Morgan fingerprint density at radius 3 is 2.54 bits per heavy atom. The fraction of sp³-hybridized carbons (Fsp3) is 0.310. The molecule has 1 N–H and O–H groups in total. The summed E-state index contributed by atoms with van der Waals surface area (Å²) in [5, 5.41) is 11.9. The molecule has 6 nitrogen and oxygen atoms in total. The Kier molecular flexibility index (Phi) is 7.22. The predicted molar refractivity (Wildman–Crippen MR) is 141 cm³/mol. The van der Waals surface area contributed by atoms with Gasteiger partial charge < -0.3 is 19.2 Å². The van der Waals surface area contributed by atoms with E-state index < -0.39 is 5.97 Å². The molecule has 0 saturated carbocycles. The molecule has 2 aromatic carbocycles. The number of fused-ring (bicyclic) bond motifs is 2. The Balaban J connectivity index is 2.03. The Labute approximate surface area is 206 Å². The molecule has 1 aliphatic carbocycles. The van der Waals surface area contributed by atoms with Crippen LogP contribution in [0.15, 0.2) is 59.0 Å². The van der Waals surface area contributed by atoms with Gasteiger partial charge in [-0.1, -0.05) is 25.1 Å². The number of carboxylic acid groups (broad SMARTS) is 1. The van der Waals surface area contributed by atoms with Crippen LogP contribution in [0, 0.1) is 6.92 Å². The maximum atomic E-state index is 12.1. The van der Waals surface area contributed by atoms with Crippen molar-refractivity contribution in [1.82, 2.24) is 4.58 Å². The number of carboxylic acids is 1. The number of benzene rings is 3. The van der Waals surface area contributed by atoms with Crippen LogP contribution in [-0.2, 0) is 4.74 Å². The fourth-order valence-corrected chi connectivity index (χ4v) is 4.46. The third-order valence-electron chi connectivity index (χ3n) is 6.30. The predicted octanol–water partition coefficient (Wildman–Crippen LogP) is 5.11. The first kappa shape index (κ1) is 24.5. The van der Waals surface area contributed by atoms with Crippen LogP contribution >= 0.6 is 0 Å². The molecule has 182 valence electrons. The lowest BCUT2D eigenvalue weighted by molar-refractivity contribution is 0.0697. The molecule has 0 radical (unpaired) electrons. The van der Waals surface area contributed by atoms with E-state index in [1.807, 2.05) is 49.3 Å². The molecule has 0 unspecified atom stereocenters. The first-order chi connectivity index (χ1) is 16.8. The second-order valence-corrected chi connectivity index (χ2v) is 9.07. The highest BCUT2D eigenvalue weighted by Gasteiger charge is 2.23.